The Balaban J connectivity index is 2.63. The van der Waals surface area contributed by atoms with E-state index in [4.69, 9.17) is 5.73 Å². The molecule has 0 aliphatic rings. The van der Waals surface area contributed by atoms with Gasteiger partial charge in [-0.1, -0.05) is 32.0 Å². The number of hydrogen-bond donors (Lipinski definition) is 1. The van der Waals surface area contributed by atoms with E-state index in [1.165, 1.54) is 0 Å². The molecule has 0 saturated carbocycles. The van der Waals surface area contributed by atoms with Gasteiger partial charge in [0.1, 0.15) is 0 Å². The van der Waals surface area contributed by atoms with E-state index in [0.29, 0.717) is 5.92 Å². The maximum absolute atomic E-state index is 5.75. The molecule has 0 radical (unpaired) electrons. The van der Waals surface area contributed by atoms with Gasteiger partial charge in [-0.3, -0.25) is 4.99 Å². The third-order valence-electron chi connectivity index (χ3n) is 1.70. The van der Waals surface area contributed by atoms with Gasteiger partial charge in [0, 0.05) is 24.0 Å². The maximum atomic E-state index is 5.75. The van der Waals surface area contributed by atoms with E-state index in [1.54, 1.807) is 0 Å². The number of nitrogens with two attached hydrogens (primary N) is 1. The first-order chi connectivity index (χ1) is 6.20. The zero-order valence-electron chi connectivity index (χ0n) is 8.20. The highest BCUT2D eigenvalue weighted by atomic mass is 14.7. The Morgan fingerprint density at radius 2 is 2.08 bits per heavy atom. The molecular formula is C11H16N2. The molecule has 2 N–H and O–H groups in total. The highest BCUT2D eigenvalue weighted by Crippen LogP contribution is 2.07. The average Bonchev–Trinajstić information content (AvgIpc) is 2.08. The van der Waals surface area contributed by atoms with Crippen LogP contribution in [0.2, 0.25) is 0 Å². The van der Waals surface area contributed by atoms with Crippen LogP contribution in [0.5, 0.6) is 0 Å². The SMILES string of the molecule is CC(C)CN=Cc1ccccc1N. The van der Waals surface area contributed by atoms with Crippen LogP contribution in [0, 0.1) is 5.92 Å². The highest BCUT2D eigenvalue weighted by molar-refractivity contribution is 5.86. The first-order valence-corrected chi connectivity index (χ1v) is 4.54. The standard InChI is InChI=1S/C11H16N2/c1-9(2)7-13-8-10-5-3-4-6-11(10)12/h3-6,8-9H,7,12H2,1-2H3. The molecule has 0 unspecified atom stereocenters. The number of benzene rings is 1. The summed E-state index contributed by atoms with van der Waals surface area (Å²) in [5.74, 6) is 0.598. The number of rotatable bonds is 3. The van der Waals surface area contributed by atoms with Gasteiger partial charge in [-0.2, -0.15) is 0 Å². The van der Waals surface area contributed by atoms with Crippen molar-refractivity contribution in [1.29, 1.82) is 0 Å². The topological polar surface area (TPSA) is 38.4 Å². The van der Waals surface area contributed by atoms with Crippen LogP contribution in [0.15, 0.2) is 29.3 Å². The molecule has 1 aromatic rings. The number of hydrogen-bond acceptors (Lipinski definition) is 2. The van der Waals surface area contributed by atoms with E-state index in [9.17, 15) is 0 Å². The van der Waals surface area contributed by atoms with Crippen LogP contribution in [0.3, 0.4) is 0 Å². The Bertz CT molecular complexity index is 290. The van der Waals surface area contributed by atoms with Crippen LogP contribution in [0.25, 0.3) is 0 Å². The molecule has 0 aliphatic carbocycles. The van der Waals surface area contributed by atoms with Gasteiger partial charge in [0.25, 0.3) is 0 Å². The molecule has 1 aromatic carbocycles. The van der Waals surface area contributed by atoms with E-state index in [0.717, 1.165) is 17.8 Å². The van der Waals surface area contributed by atoms with Crippen LogP contribution < -0.4 is 5.73 Å². The van der Waals surface area contributed by atoms with Crippen molar-refractivity contribution in [3.63, 3.8) is 0 Å². The summed E-state index contributed by atoms with van der Waals surface area (Å²) in [6, 6.07) is 7.75. The monoisotopic (exact) mass is 176 g/mol. The molecule has 0 bridgehead atoms. The predicted octanol–water partition coefficient (Wildman–Crippen LogP) is 2.34. The van der Waals surface area contributed by atoms with Crippen LogP contribution in [-0.2, 0) is 0 Å². The molecule has 0 spiro atoms. The molecule has 0 aliphatic heterocycles. The number of para-hydroxylation sites is 1. The van der Waals surface area contributed by atoms with E-state index in [2.05, 4.69) is 18.8 Å². The van der Waals surface area contributed by atoms with E-state index in [-0.39, 0.29) is 0 Å². The lowest BCUT2D eigenvalue weighted by molar-refractivity contribution is 0.667. The molecule has 0 fully saturated rings. The van der Waals surface area contributed by atoms with Crippen molar-refractivity contribution in [3.05, 3.63) is 29.8 Å². The van der Waals surface area contributed by atoms with Crippen LogP contribution in [-0.4, -0.2) is 12.8 Å². The molecule has 0 amide bonds. The summed E-state index contributed by atoms with van der Waals surface area (Å²) in [4.78, 5) is 4.30. The minimum atomic E-state index is 0.598. The third kappa shape index (κ3) is 3.28. The minimum absolute atomic E-state index is 0.598. The van der Waals surface area contributed by atoms with Crippen molar-refractivity contribution in [2.45, 2.75) is 13.8 Å². The summed E-state index contributed by atoms with van der Waals surface area (Å²) in [7, 11) is 0. The molecule has 0 saturated heterocycles. The largest absolute Gasteiger partial charge is 0.398 e. The summed E-state index contributed by atoms with van der Waals surface area (Å²) >= 11 is 0. The molecule has 2 nitrogen and oxygen atoms in total. The Labute approximate surface area is 79.5 Å². The summed E-state index contributed by atoms with van der Waals surface area (Å²) in [5, 5.41) is 0. The normalized spacial score (nSPS) is 11.3. The van der Waals surface area contributed by atoms with Crippen LogP contribution in [0.4, 0.5) is 5.69 Å². The second-order valence-corrected chi connectivity index (χ2v) is 3.52. The molecule has 70 valence electrons. The van der Waals surface area contributed by atoms with Crippen molar-refractivity contribution >= 4 is 11.9 Å². The quantitative estimate of drug-likeness (QED) is 0.557. The Hall–Kier alpha value is -1.31. The molecule has 0 atom stereocenters. The van der Waals surface area contributed by atoms with Crippen molar-refractivity contribution < 1.29 is 0 Å². The Morgan fingerprint density at radius 1 is 1.38 bits per heavy atom. The van der Waals surface area contributed by atoms with E-state index in [1.807, 2.05) is 30.5 Å². The lowest BCUT2D eigenvalue weighted by Crippen LogP contribution is -1.95. The smallest absolute Gasteiger partial charge is 0.0412 e. The molecule has 0 aromatic heterocycles. The Kier molecular flexibility index (Phi) is 3.50. The predicted molar refractivity (Wildman–Crippen MR) is 58.2 cm³/mol. The first kappa shape index (κ1) is 9.78. The maximum Gasteiger partial charge on any atom is 0.0412 e. The third-order valence-corrected chi connectivity index (χ3v) is 1.70. The lowest BCUT2D eigenvalue weighted by atomic mass is 10.2. The van der Waals surface area contributed by atoms with Gasteiger partial charge >= 0.3 is 0 Å². The first-order valence-electron chi connectivity index (χ1n) is 4.54. The zero-order chi connectivity index (χ0) is 9.68. The fraction of sp³-hybridized carbons (Fsp3) is 0.364. The molecule has 2 heteroatoms. The zero-order valence-corrected chi connectivity index (χ0v) is 8.20. The molecule has 1 rings (SSSR count). The van der Waals surface area contributed by atoms with Gasteiger partial charge in [-0.05, 0) is 12.0 Å². The second-order valence-electron chi connectivity index (χ2n) is 3.52. The summed E-state index contributed by atoms with van der Waals surface area (Å²) in [5.41, 5.74) is 7.54. The Morgan fingerprint density at radius 3 is 2.69 bits per heavy atom. The van der Waals surface area contributed by atoms with Gasteiger partial charge < -0.3 is 5.73 Å². The van der Waals surface area contributed by atoms with Crippen molar-refractivity contribution in [2.24, 2.45) is 10.9 Å². The van der Waals surface area contributed by atoms with Crippen molar-refractivity contribution in [2.75, 3.05) is 12.3 Å². The van der Waals surface area contributed by atoms with Gasteiger partial charge in [0.05, 0.1) is 0 Å². The lowest BCUT2D eigenvalue weighted by Gasteiger charge is -1.99. The fourth-order valence-electron chi connectivity index (χ4n) is 0.990. The molecule has 0 heterocycles. The van der Waals surface area contributed by atoms with Gasteiger partial charge in [-0.15, -0.1) is 0 Å². The molecule has 13 heavy (non-hydrogen) atoms. The van der Waals surface area contributed by atoms with E-state index < -0.39 is 0 Å². The van der Waals surface area contributed by atoms with Crippen molar-refractivity contribution in [3.8, 4) is 0 Å². The number of anilines is 1. The summed E-state index contributed by atoms with van der Waals surface area (Å²) in [6.07, 6.45) is 1.84. The van der Waals surface area contributed by atoms with E-state index >= 15 is 0 Å². The fourth-order valence-corrected chi connectivity index (χ4v) is 0.990. The second kappa shape index (κ2) is 4.65. The van der Waals surface area contributed by atoms with Gasteiger partial charge in [-0.25, -0.2) is 0 Å². The van der Waals surface area contributed by atoms with Gasteiger partial charge in [0.2, 0.25) is 0 Å². The number of nitrogens with zero attached hydrogens (tertiary/aromatic N) is 1. The summed E-state index contributed by atoms with van der Waals surface area (Å²) in [6.45, 7) is 5.14. The summed E-state index contributed by atoms with van der Waals surface area (Å²) < 4.78 is 0. The number of aliphatic imine (C=N–C) groups is 1. The van der Waals surface area contributed by atoms with Crippen LogP contribution >= 0.6 is 0 Å². The highest BCUT2D eigenvalue weighted by Gasteiger charge is 1.93. The molecular weight excluding hydrogens is 160 g/mol. The average molecular weight is 176 g/mol. The van der Waals surface area contributed by atoms with Gasteiger partial charge in [0.15, 0.2) is 0 Å². The number of nitrogen functional groups attached to an aromatic ring is 1. The van der Waals surface area contributed by atoms with Crippen molar-refractivity contribution in [1.82, 2.24) is 0 Å². The minimum Gasteiger partial charge on any atom is -0.398 e. The van der Waals surface area contributed by atoms with Crippen LogP contribution in [0.1, 0.15) is 19.4 Å².